The molecule has 0 aliphatic carbocycles. The minimum atomic E-state index is -2.25. The van der Waals surface area contributed by atoms with E-state index < -0.39 is 6.98 Å². The second-order valence-electron chi connectivity index (χ2n) is 3.97. The number of halogens is 1. The average Bonchev–Trinajstić information content (AvgIpc) is 2.51. The summed E-state index contributed by atoms with van der Waals surface area (Å²) in [6.45, 7) is 3.17. The van der Waals surface area contributed by atoms with Crippen LogP contribution in [0.15, 0.2) is 6.20 Å². The molecular weight excluding hydrogens is 240 g/mol. The standard InChI is InChI=1S/C11H18N4O.ClH/c1-8(2)15(3)10-7-13-9-6-12-4-5-16-11(9)14-10;/h7-8,12H,4-6H2,1-3H3;1H/i3D3;. The molecule has 0 atom stereocenters. The minimum Gasteiger partial charge on any atom is -0.475 e. The summed E-state index contributed by atoms with van der Waals surface area (Å²) < 4.78 is 28.2. The Morgan fingerprint density at radius 2 is 2.41 bits per heavy atom. The maximum atomic E-state index is 7.58. The SMILES string of the molecule is Cl.[2H]C([2H])([2H])N(c1cnc2c(n1)OCCNC2)C(C)C. The number of hydrogen-bond acceptors (Lipinski definition) is 5. The predicted molar refractivity (Wildman–Crippen MR) is 70.0 cm³/mol. The van der Waals surface area contributed by atoms with Crippen LogP contribution in [0.25, 0.3) is 0 Å². The van der Waals surface area contributed by atoms with Gasteiger partial charge in [0.05, 0.1) is 6.20 Å². The molecule has 1 aromatic rings. The lowest BCUT2D eigenvalue weighted by Gasteiger charge is -2.22. The molecule has 5 nitrogen and oxygen atoms in total. The van der Waals surface area contributed by atoms with Crippen LogP contribution in [-0.4, -0.2) is 36.1 Å². The first-order valence-electron chi connectivity index (χ1n) is 6.88. The van der Waals surface area contributed by atoms with Crippen LogP contribution in [0.5, 0.6) is 5.88 Å². The van der Waals surface area contributed by atoms with E-state index in [-0.39, 0.29) is 18.4 Å². The van der Waals surface area contributed by atoms with Crippen LogP contribution in [0.2, 0.25) is 0 Å². The highest BCUT2D eigenvalue weighted by atomic mass is 35.5. The highest BCUT2D eigenvalue weighted by Crippen LogP contribution is 2.20. The number of anilines is 1. The lowest BCUT2D eigenvalue weighted by Crippen LogP contribution is -2.27. The Kier molecular flexibility index (Phi) is 3.51. The summed E-state index contributed by atoms with van der Waals surface area (Å²) in [6, 6.07) is -0.205. The third kappa shape index (κ3) is 3.20. The number of rotatable bonds is 2. The predicted octanol–water partition coefficient (Wildman–Crippen LogP) is 1.22. The Morgan fingerprint density at radius 3 is 3.12 bits per heavy atom. The Hall–Kier alpha value is -1.07. The molecule has 1 aliphatic heterocycles. The Balaban J connectivity index is 0.00000200. The van der Waals surface area contributed by atoms with Gasteiger partial charge in [-0.2, -0.15) is 4.98 Å². The van der Waals surface area contributed by atoms with Crippen molar-refractivity contribution in [3.05, 3.63) is 11.9 Å². The summed E-state index contributed by atoms with van der Waals surface area (Å²) in [5, 5.41) is 3.15. The van der Waals surface area contributed by atoms with Crippen LogP contribution in [0, 0.1) is 0 Å². The fourth-order valence-electron chi connectivity index (χ4n) is 1.43. The molecule has 0 spiro atoms. The Labute approximate surface area is 112 Å². The Morgan fingerprint density at radius 1 is 1.59 bits per heavy atom. The van der Waals surface area contributed by atoms with E-state index in [0.29, 0.717) is 30.5 Å². The van der Waals surface area contributed by atoms with Gasteiger partial charge < -0.3 is 15.0 Å². The molecular formula is C11H19ClN4O. The van der Waals surface area contributed by atoms with Gasteiger partial charge in [-0.15, -0.1) is 12.4 Å². The summed E-state index contributed by atoms with van der Waals surface area (Å²) in [5.74, 6) is 0.730. The summed E-state index contributed by atoms with van der Waals surface area (Å²) in [5.41, 5.74) is 0.704. The summed E-state index contributed by atoms with van der Waals surface area (Å²) >= 11 is 0. The van der Waals surface area contributed by atoms with Gasteiger partial charge in [-0.1, -0.05) is 0 Å². The molecule has 0 saturated heterocycles. The van der Waals surface area contributed by atoms with Crippen molar-refractivity contribution in [2.45, 2.75) is 26.4 Å². The maximum Gasteiger partial charge on any atom is 0.239 e. The third-order valence-electron chi connectivity index (χ3n) is 2.37. The van der Waals surface area contributed by atoms with Gasteiger partial charge in [-0.25, -0.2) is 0 Å². The zero-order valence-corrected chi connectivity index (χ0v) is 10.8. The molecule has 1 N–H and O–H groups in total. The number of nitrogens with zero attached hydrogens (tertiary/aromatic N) is 3. The summed E-state index contributed by atoms with van der Waals surface area (Å²) in [4.78, 5) is 9.82. The third-order valence-corrected chi connectivity index (χ3v) is 2.37. The molecule has 0 fully saturated rings. The van der Waals surface area contributed by atoms with Gasteiger partial charge in [0.1, 0.15) is 12.3 Å². The number of aromatic nitrogens is 2. The van der Waals surface area contributed by atoms with E-state index in [0.717, 1.165) is 6.54 Å². The Bertz CT molecular complexity index is 456. The number of fused-ring (bicyclic) bond motifs is 1. The van der Waals surface area contributed by atoms with E-state index in [1.54, 1.807) is 0 Å². The van der Waals surface area contributed by atoms with Crippen molar-refractivity contribution >= 4 is 18.2 Å². The van der Waals surface area contributed by atoms with Crippen LogP contribution >= 0.6 is 12.4 Å². The number of ether oxygens (including phenoxy) is 1. The number of hydrogen-bond donors (Lipinski definition) is 1. The smallest absolute Gasteiger partial charge is 0.239 e. The minimum absolute atomic E-state index is 0. The van der Waals surface area contributed by atoms with Gasteiger partial charge in [-0.3, -0.25) is 4.98 Å². The molecule has 0 radical (unpaired) electrons. The zero-order valence-electron chi connectivity index (χ0n) is 12.9. The van der Waals surface area contributed by atoms with Gasteiger partial charge in [-0.05, 0) is 13.8 Å². The summed E-state index contributed by atoms with van der Waals surface area (Å²) in [7, 11) is 0. The largest absolute Gasteiger partial charge is 0.475 e. The molecule has 0 unspecified atom stereocenters. The number of nitrogens with one attached hydrogen (secondary N) is 1. The fourth-order valence-corrected chi connectivity index (χ4v) is 1.43. The van der Waals surface area contributed by atoms with Crippen molar-refractivity contribution in [3.8, 4) is 5.88 Å². The molecule has 0 amide bonds. The zero-order chi connectivity index (χ0) is 14.0. The van der Waals surface area contributed by atoms with E-state index in [1.807, 2.05) is 13.8 Å². The normalized spacial score (nSPS) is 17.7. The van der Waals surface area contributed by atoms with Crippen LogP contribution < -0.4 is 15.0 Å². The van der Waals surface area contributed by atoms with Crippen LogP contribution in [0.1, 0.15) is 23.7 Å². The van der Waals surface area contributed by atoms with Crippen molar-refractivity contribution in [2.24, 2.45) is 0 Å². The summed E-state index contributed by atoms with van der Waals surface area (Å²) in [6.07, 6.45) is 1.49. The second kappa shape index (κ2) is 6.02. The highest BCUT2D eigenvalue weighted by molar-refractivity contribution is 5.85. The van der Waals surface area contributed by atoms with Gasteiger partial charge in [0, 0.05) is 30.2 Å². The molecule has 1 aliphatic rings. The quantitative estimate of drug-likeness (QED) is 0.868. The van der Waals surface area contributed by atoms with Crippen molar-refractivity contribution < 1.29 is 8.85 Å². The van der Waals surface area contributed by atoms with E-state index in [2.05, 4.69) is 15.3 Å². The molecule has 17 heavy (non-hydrogen) atoms. The molecule has 6 heteroatoms. The molecule has 0 aromatic carbocycles. The first-order valence-corrected chi connectivity index (χ1v) is 5.38. The highest BCUT2D eigenvalue weighted by Gasteiger charge is 2.14. The van der Waals surface area contributed by atoms with Crippen LogP contribution in [0.4, 0.5) is 5.82 Å². The van der Waals surface area contributed by atoms with Crippen molar-refractivity contribution in [3.63, 3.8) is 0 Å². The monoisotopic (exact) mass is 261 g/mol. The second-order valence-corrected chi connectivity index (χ2v) is 3.97. The molecule has 2 rings (SSSR count). The van der Waals surface area contributed by atoms with Gasteiger partial charge >= 0.3 is 0 Å². The topological polar surface area (TPSA) is 50.3 Å². The van der Waals surface area contributed by atoms with Crippen molar-refractivity contribution in [1.29, 1.82) is 0 Å². The first kappa shape index (κ1) is 9.91. The molecule has 0 bridgehead atoms. The molecule has 96 valence electrons. The van der Waals surface area contributed by atoms with Crippen LogP contribution in [-0.2, 0) is 6.54 Å². The molecule has 1 aromatic heterocycles. The van der Waals surface area contributed by atoms with Gasteiger partial charge in [0.15, 0.2) is 5.82 Å². The van der Waals surface area contributed by atoms with Gasteiger partial charge in [0.25, 0.3) is 0 Å². The van der Waals surface area contributed by atoms with Crippen LogP contribution in [0.3, 0.4) is 0 Å². The lowest BCUT2D eigenvalue weighted by atomic mass is 10.3. The fraction of sp³-hybridized carbons (Fsp3) is 0.636. The van der Waals surface area contributed by atoms with E-state index in [9.17, 15) is 0 Å². The lowest BCUT2D eigenvalue weighted by molar-refractivity contribution is 0.313. The first-order chi connectivity index (χ1) is 8.89. The van der Waals surface area contributed by atoms with E-state index in [1.165, 1.54) is 11.1 Å². The maximum absolute atomic E-state index is 7.58. The van der Waals surface area contributed by atoms with Crippen molar-refractivity contribution in [1.82, 2.24) is 15.3 Å². The van der Waals surface area contributed by atoms with Crippen molar-refractivity contribution in [2.75, 3.05) is 25.0 Å². The van der Waals surface area contributed by atoms with E-state index >= 15 is 0 Å². The molecule has 0 saturated carbocycles. The molecule has 2 heterocycles. The average molecular weight is 262 g/mol. The van der Waals surface area contributed by atoms with Gasteiger partial charge in [0.2, 0.25) is 5.88 Å². The van der Waals surface area contributed by atoms with E-state index in [4.69, 9.17) is 8.85 Å².